The highest BCUT2D eigenvalue weighted by atomic mass is 16.5. The van der Waals surface area contributed by atoms with E-state index in [0.717, 1.165) is 12.5 Å². The highest BCUT2D eigenvalue weighted by molar-refractivity contribution is 4.86. The number of hydrogen-bond donors (Lipinski definition) is 1. The lowest BCUT2D eigenvalue weighted by atomic mass is 9.86. The van der Waals surface area contributed by atoms with Crippen LogP contribution in [0.3, 0.4) is 0 Å². The van der Waals surface area contributed by atoms with E-state index in [1.54, 1.807) is 7.11 Å². The van der Waals surface area contributed by atoms with Gasteiger partial charge in [0, 0.05) is 13.2 Å². The molecule has 0 fully saturated rings. The van der Waals surface area contributed by atoms with Gasteiger partial charge in [-0.15, -0.1) is 0 Å². The van der Waals surface area contributed by atoms with Gasteiger partial charge >= 0.3 is 0 Å². The second kappa shape index (κ2) is 7.24. The second-order valence-electron chi connectivity index (χ2n) is 4.84. The number of ether oxygens (including phenoxy) is 1. The smallest absolute Gasteiger partial charge is 0.0775 e. The van der Waals surface area contributed by atoms with E-state index in [1.165, 1.54) is 19.3 Å². The average Bonchev–Trinajstić information content (AvgIpc) is 2.24. The molecule has 2 heteroatoms. The molecule has 0 aromatic rings. The fourth-order valence-corrected chi connectivity index (χ4v) is 1.96. The van der Waals surface area contributed by atoms with Crippen molar-refractivity contribution >= 4 is 0 Å². The summed E-state index contributed by atoms with van der Waals surface area (Å²) in [5.41, 5.74) is -0.0708. The van der Waals surface area contributed by atoms with Crippen LogP contribution in [0.1, 0.15) is 53.9 Å². The van der Waals surface area contributed by atoms with Gasteiger partial charge in [0.2, 0.25) is 0 Å². The van der Waals surface area contributed by atoms with Crippen molar-refractivity contribution in [3.63, 3.8) is 0 Å². The lowest BCUT2D eigenvalue weighted by Crippen LogP contribution is -2.49. The first-order chi connectivity index (χ1) is 7.01. The molecule has 0 aliphatic heterocycles. The van der Waals surface area contributed by atoms with Crippen molar-refractivity contribution < 1.29 is 4.74 Å². The molecule has 0 heterocycles. The van der Waals surface area contributed by atoms with E-state index in [2.05, 4.69) is 39.9 Å². The first-order valence-corrected chi connectivity index (χ1v) is 6.30. The van der Waals surface area contributed by atoms with Crippen molar-refractivity contribution in [1.29, 1.82) is 0 Å². The Labute approximate surface area is 95.8 Å². The Hall–Kier alpha value is -0.0800. The summed E-state index contributed by atoms with van der Waals surface area (Å²) in [6.07, 6.45) is 3.73. The molecule has 0 saturated carbocycles. The normalized spacial score (nSPS) is 14.6. The maximum absolute atomic E-state index is 5.58. The first kappa shape index (κ1) is 14.9. The van der Waals surface area contributed by atoms with Crippen LogP contribution in [-0.4, -0.2) is 25.3 Å². The summed E-state index contributed by atoms with van der Waals surface area (Å²) < 4.78 is 5.58. The van der Waals surface area contributed by atoms with Gasteiger partial charge in [-0.3, -0.25) is 0 Å². The average molecular weight is 215 g/mol. The second-order valence-corrected chi connectivity index (χ2v) is 4.84. The third-order valence-corrected chi connectivity index (χ3v) is 3.54. The molecule has 0 rings (SSSR count). The summed E-state index contributed by atoms with van der Waals surface area (Å²) in [5, 5.41) is 3.55. The fourth-order valence-electron chi connectivity index (χ4n) is 1.96. The molecule has 1 atom stereocenters. The standard InChI is InChI=1S/C13H29NO/c1-7-11(8-2)10-12(14-9-3)13(4,5)15-6/h11-12,14H,7-10H2,1-6H3. The highest BCUT2D eigenvalue weighted by Crippen LogP contribution is 2.23. The minimum absolute atomic E-state index is 0.0708. The van der Waals surface area contributed by atoms with Gasteiger partial charge < -0.3 is 10.1 Å². The Kier molecular flexibility index (Phi) is 7.20. The van der Waals surface area contributed by atoms with Gasteiger partial charge in [-0.05, 0) is 32.7 Å². The quantitative estimate of drug-likeness (QED) is 0.671. The molecule has 0 radical (unpaired) electrons. The lowest BCUT2D eigenvalue weighted by Gasteiger charge is -2.35. The van der Waals surface area contributed by atoms with E-state index in [-0.39, 0.29) is 5.60 Å². The summed E-state index contributed by atoms with van der Waals surface area (Å²) in [6, 6.07) is 0.456. The maximum atomic E-state index is 5.58. The number of rotatable bonds is 8. The summed E-state index contributed by atoms with van der Waals surface area (Å²) in [6.45, 7) is 12.1. The molecule has 0 amide bonds. The molecule has 0 aromatic carbocycles. The third kappa shape index (κ3) is 4.98. The number of methoxy groups -OCH3 is 1. The Morgan fingerprint density at radius 2 is 1.67 bits per heavy atom. The van der Waals surface area contributed by atoms with E-state index in [0.29, 0.717) is 6.04 Å². The largest absolute Gasteiger partial charge is 0.377 e. The molecule has 0 bridgehead atoms. The Morgan fingerprint density at radius 3 is 2.00 bits per heavy atom. The minimum atomic E-state index is -0.0708. The van der Waals surface area contributed by atoms with Crippen molar-refractivity contribution in [3.05, 3.63) is 0 Å². The predicted molar refractivity (Wildman–Crippen MR) is 67.2 cm³/mol. The molecule has 92 valence electrons. The van der Waals surface area contributed by atoms with E-state index >= 15 is 0 Å². The molecule has 0 aliphatic carbocycles. The summed E-state index contributed by atoms with van der Waals surface area (Å²) in [5.74, 6) is 0.809. The monoisotopic (exact) mass is 215 g/mol. The van der Waals surface area contributed by atoms with Crippen molar-refractivity contribution in [2.45, 2.75) is 65.5 Å². The van der Waals surface area contributed by atoms with Gasteiger partial charge in [0.05, 0.1) is 5.60 Å². The molecular weight excluding hydrogens is 186 g/mol. The van der Waals surface area contributed by atoms with Crippen molar-refractivity contribution in [3.8, 4) is 0 Å². The van der Waals surface area contributed by atoms with Gasteiger partial charge in [0.25, 0.3) is 0 Å². The zero-order chi connectivity index (χ0) is 11.9. The maximum Gasteiger partial charge on any atom is 0.0775 e. The van der Waals surface area contributed by atoms with Crippen LogP contribution >= 0.6 is 0 Å². The van der Waals surface area contributed by atoms with E-state index in [1.807, 2.05) is 0 Å². The van der Waals surface area contributed by atoms with Crippen LogP contribution in [0.4, 0.5) is 0 Å². The van der Waals surface area contributed by atoms with Crippen LogP contribution in [0.15, 0.2) is 0 Å². The summed E-state index contributed by atoms with van der Waals surface area (Å²) >= 11 is 0. The summed E-state index contributed by atoms with van der Waals surface area (Å²) in [4.78, 5) is 0. The molecule has 0 saturated heterocycles. The van der Waals surface area contributed by atoms with E-state index in [9.17, 15) is 0 Å². The molecule has 0 aliphatic rings. The molecule has 0 spiro atoms. The van der Waals surface area contributed by atoms with Crippen LogP contribution < -0.4 is 5.32 Å². The van der Waals surface area contributed by atoms with Crippen molar-refractivity contribution in [1.82, 2.24) is 5.32 Å². The van der Waals surface area contributed by atoms with Crippen LogP contribution in [0, 0.1) is 5.92 Å². The van der Waals surface area contributed by atoms with Crippen LogP contribution in [0.25, 0.3) is 0 Å². The summed E-state index contributed by atoms with van der Waals surface area (Å²) in [7, 11) is 1.80. The zero-order valence-corrected chi connectivity index (χ0v) is 11.4. The van der Waals surface area contributed by atoms with E-state index in [4.69, 9.17) is 4.74 Å². The van der Waals surface area contributed by atoms with Crippen LogP contribution in [-0.2, 0) is 4.74 Å². The first-order valence-electron chi connectivity index (χ1n) is 6.30. The molecule has 2 nitrogen and oxygen atoms in total. The molecular formula is C13H29NO. The van der Waals surface area contributed by atoms with Crippen LogP contribution in [0.5, 0.6) is 0 Å². The molecule has 0 aromatic heterocycles. The fraction of sp³-hybridized carbons (Fsp3) is 1.00. The molecule has 1 N–H and O–H groups in total. The van der Waals surface area contributed by atoms with Gasteiger partial charge in [-0.25, -0.2) is 0 Å². The third-order valence-electron chi connectivity index (χ3n) is 3.54. The van der Waals surface area contributed by atoms with Crippen LogP contribution in [0.2, 0.25) is 0 Å². The Morgan fingerprint density at radius 1 is 1.13 bits per heavy atom. The Bertz CT molecular complexity index is 153. The molecule has 1 unspecified atom stereocenters. The molecule has 15 heavy (non-hydrogen) atoms. The van der Waals surface area contributed by atoms with Crippen molar-refractivity contribution in [2.75, 3.05) is 13.7 Å². The van der Waals surface area contributed by atoms with Gasteiger partial charge in [-0.2, -0.15) is 0 Å². The van der Waals surface area contributed by atoms with Gasteiger partial charge in [0.15, 0.2) is 0 Å². The van der Waals surface area contributed by atoms with Crippen molar-refractivity contribution in [2.24, 2.45) is 5.92 Å². The predicted octanol–water partition coefficient (Wildman–Crippen LogP) is 3.22. The SMILES string of the molecule is CCNC(CC(CC)CC)C(C)(C)OC. The minimum Gasteiger partial charge on any atom is -0.377 e. The number of nitrogens with one attached hydrogen (secondary N) is 1. The van der Waals surface area contributed by atoms with Gasteiger partial charge in [0.1, 0.15) is 0 Å². The number of hydrogen-bond acceptors (Lipinski definition) is 2. The van der Waals surface area contributed by atoms with E-state index < -0.39 is 0 Å². The lowest BCUT2D eigenvalue weighted by molar-refractivity contribution is -0.0167. The topological polar surface area (TPSA) is 21.3 Å². The Balaban J connectivity index is 4.38. The van der Waals surface area contributed by atoms with Gasteiger partial charge in [-0.1, -0.05) is 33.6 Å². The zero-order valence-electron chi connectivity index (χ0n) is 11.4. The number of likely N-dealkylation sites (N-methyl/N-ethyl adjacent to an activating group) is 1. The highest BCUT2D eigenvalue weighted by Gasteiger charge is 2.29.